The van der Waals surface area contributed by atoms with Crippen molar-refractivity contribution < 1.29 is 0 Å². The second-order valence-corrected chi connectivity index (χ2v) is 7.73. The van der Waals surface area contributed by atoms with E-state index in [2.05, 4.69) is 21.7 Å². The normalized spacial score (nSPS) is 19.4. The van der Waals surface area contributed by atoms with Gasteiger partial charge in [0.05, 0.1) is 5.82 Å². The Hall–Kier alpha value is -2.11. The fourth-order valence-corrected chi connectivity index (χ4v) is 4.17. The number of allylic oxidation sites excluding steroid dienone is 2. The summed E-state index contributed by atoms with van der Waals surface area (Å²) in [7, 11) is 0. The lowest BCUT2D eigenvalue weighted by Crippen LogP contribution is -2.72. The predicted octanol–water partition coefficient (Wildman–Crippen LogP) is 2.72. The molecule has 1 aromatic rings. The molecule has 5 N–H and O–H groups in total. The Bertz CT molecular complexity index is 698. The number of hydrogen-bond acceptors (Lipinski definition) is 5. The number of nitrogens with two attached hydrogens (primary N) is 2. The quantitative estimate of drug-likeness (QED) is 0.611. The van der Waals surface area contributed by atoms with Crippen LogP contribution in [-0.2, 0) is 6.42 Å². The molecule has 140 valence electrons. The van der Waals surface area contributed by atoms with Crippen LogP contribution in [0.1, 0.15) is 12.0 Å². The maximum Gasteiger partial charge on any atom is 0.0987 e. The molecule has 2 heterocycles. The predicted molar refractivity (Wildman–Crippen MR) is 110 cm³/mol. The fraction of sp³-hybridized carbons (Fsp3) is 0.400. The van der Waals surface area contributed by atoms with Gasteiger partial charge in [-0.1, -0.05) is 18.2 Å². The minimum Gasteiger partial charge on any atom is -0.405 e. The number of halogens is 1. The van der Waals surface area contributed by atoms with Gasteiger partial charge in [-0.3, -0.25) is 0 Å². The molecule has 5 nitrogen and oxygen atoms in total. The molecule has 1 aromatic carbocycles. The summed E-state index contributed by atoms with van der Waals surface area (Å²) in [5.74, 6) is 0.805. The molecule has 2 aliphatic heterocycles. The van der Waals surface area contributed by atoms with Gasteiger partial charge in [0.1, 0.15) is 0 Å². The summed E-state index contributed by atoms with van der Waals surface area (Å²) < 4.78 is 0. The molecular weight excluding hydrogens is 346 g/mol. The van der Waals surface area contributed by atoms with Gasteiger partial charge in [0.15, 0.2) is 0 Å². The second-order valence-electron chi connectivity index (χ2n) is 7.30. The third-order valence-electron chi connectivity index (χ3n) is 5.16. The molecule has 6 heteroatoms. The van der Waals surface area contributed by atoms with Crippen molar-refractivity contribution in [1.82, 2.24) is 9.80 Å². The van der Waals surface area contributed by atoms with E-state index in [0.717, 1.165) is 62.1 Å². The van der Waals surface area contributed by atoms with Crippen molar-refractivity contribution in [2.45, 2.75) is 12.8 Å². The summed E-state index contributed by atoms with van der Waals surface area (Å²) >= 11 is 6.14. The van der Waals surface area contributed by atoms with Crippen molar-refractivity contribution in [2.24, 2.45) is 16.9 Å². The number of nitrogens with one attached hydrogen (secondary N) is 1. The number of hydrogen-bond donors (Lipinski definition) is 3. The van der Waals surface area contributed by atoms with E-state index in [0.29, 0.717) is 5.41 Å². The smallest absolute Gasteiger partial charge is 0.0987 e. The summed E-state index contributed by atoms with van der Waals surface area (Å²) in [5.41, 5.74) is 14.2. The highest BCUT2D eigenvalue weighted by atomic mass is 35.5. The molecule has 0 unspecified atom stereocenters. The maximum atomic E-state index is 6.14. The van der Waals surface area contributed by atoms with E-state index in [1.54, 1.807) is 12.3 Å². The Labute approximate surface area is 161 Å². The van der Waals surface area contributed by atoms with Crippen LogP contribution in [0.4, 0.5) is 5.69 Å². The first-order valence-corrected chi connectivity index (χ1v) is 9.40. The highest BCUT2D eigenvalue weighted by Crippen LogP contribution is 2.40. The lowest BCUT2D eigenvalue weighted by Gasteiger charge is -2.61. The molecule has 0 atom stereocenters. The first-order valence-electron chi connectivity index (χ1n) is 9.02. The van der Waals surface area contributed by atoms with Crippen LogP contribution in [0.5, 0.6) is 0 Å². The molecule has 0 aliphatic carbocycles. The lowest BCUT2D eigenvalue weighted by atomic mass is 9.72. The van der Waals surface area contributed by atoms with Crippen LogP contribution in [0.3, 0.4) is 0 Å². The zero-order chi connectivity index (χ0) is 18.6. The number of rotatable bonds is 8. The summed E-state index contributed by atoms with van der Waals surface area (Å²) in [4.78, 5) is 4.75. The molecular formula is C20H28ClN5. The molecule has 1 spiro atoms. The van der Waals surface area contributed by atoms with Crippen LogP contribution in [-0.4, -0.2) is 42.5 Å². The van der Waals surface area contributed by atoms with Gasteiger partial charge in [0.2, 0.25) is 0 Å². The van der Waals surface area contributed by atoms with E-state index in [1.807, 2.05) is 24.3 Å². The number of nitrogens with zero attached hydrogens (tertiary/aromatic N) is 2. The number of aryl methyl sites for hydroxylation is 1. The molecule has 0 amide bonds. The topological polar surface area (TPSA) is 70.5 Å². The van der Waals surface area contributed by atoms with Crippen molar-refractivity contribution in [3.63, 3.8) is 0 Å². The molecule has 2 saturated heterocycles. The fourth-order valence-electron chi connectivity index (χ4n) is 3.98. The summed E-state index contributed by atoms with van der Waals surface area (Å²) in [5, 5.41) is 3.97. The first kappa shape index (κ1) is 18.7. The van der Waals surface area contributed by atoms with Crippen LogP contribution in [0, 0.1) is 5.41 Å². The SMILES string of the molecule is C=CNc1ccc(Cl)cc1CCCN1CC2(C1)CN(/C(N)=C/C=C\N)C2. The number of benzene rings is 1. The van der Waals surface area contributed by atoms with E-state index in [-0.39, 0.29) is 0 Å². The average Bonchev–Trinajstić information content (AvgIpc) is 2.55. The molecule has 0 radical (unpaired) electrons. The van der Waals surface area contributed by atoms with Crippen LogP contribution in [0.15, 0.2) is 55.2 Å². The highest BCUT2D eigenvalue weighted by molar-refractivity contribution is 6.30. The van der Waals surface area contributed by atoms with Gasteiger partial charge in [-0.15, -0.1) is 0 Å². The maximum absolute atomic E-state index is 6.14. The van der Waals surface area contributed by atoms with Crippen molar-refractivity contribution in [3.05, 3.63) is 65.7 Å². The minimum atomic E-state index is 0.441. The van der Waals surface area contributed by atoms with Crippen molar-refractivity contribution in [3.8, 4) is 0 Å². The van der Waals surface area contributed by atoms with Gasteiger partial charge >= 0.3 is 0 Å². The molecule has 3 rings (SSSR count). The molecule has 26 heavy (non-hydrogen) atoms. The average molecular weight is 374 g/mol. The van der Waals surface area contributed by atoms with Crippen LogP contribution in [0.2, 0.25) is 5.02 Å². The summed E-state index contributed by atoms with van der Waals surface area (Å²) in [6, 6.07) is 5.96. The lowest BCUT2D eigenvalue weighted by molar-refractivity contribution is -0.101. The third-order valence-corrected chi connectivity index (χ3v) is 5.39. The van der Waals surface area contributed by atoms with Gasteiger partial charge in [-0.25, -0.2) is 0 Å². The molecule has 2 aliphatic rings. The largest absolute Gasteiger partial charge is 0.405 e. The van der Waals surface area contributed by atoms with Gasteiger partial charge in [-0.05, 0) is 67.7 Å². The Kier molecular flexibility index (Phi) is 5.79. The van der Waals surface area contributed by atoms with E-state index in [9.17, 15) is 0 Å². The Morgan fingerprint density at radius 3 is 2.77 bits per heavy atom. The van der Waals surface area contributed by atoms with Crippen molar-refractivity contribution >= 4 is 17.3 Å². The Morgan fingerprint density at radius 1 is 1.31 bits per heavy atom. The number of likely N-dealkylation sites (tertiary alicyclic amines) is 2. The minimum absolute atomic E-state index is 0.441. The van der Waals surface area contributed by atoms with E-state index < -0.39 is 0 Å². The van der Waals surface area contributed by atoms with Gasteiger partial charge in [-0.2, -0.15) is 0 Å². The van der Waals surface area contributed by atoms with Crippen molar-refractivity contribution in [1.29, 1.82) is 0 Å². The summed E-state index contributed by atoms with van der Waals surface area (Å²) in [6.07, 6.45) is 8.98. The van der Waals surface area contributed by atoms with Crippen LogP contribution >= 0.6 is 11.6 Å². The number of anilines is 1. The van der Waals surface area contributed by atoms with Crippen molar-refractivity contribution in [2.75, 3.05) is 38.0 Å². The monoisotopic (exact) mass is 373 g/mol. The third kappa shape index (κ3) is 4.17. The van der Waals surface area contributed by atoms with E-state index in [1.165, 1.54) is 11.8 Å². The first-order chi connectivity index (χ1) is 12.5. The van der Waals surface area contributed by atoms with Crippen LogP contribution < -0.4 is 16.8 Å². The van der Waals surface area contributed by atoms with Gasteiger partial charge in [0, 0.05) is 42.3 Å². The Balaban J connectivity index is 1.40. The highest BCUT2D eigenvalue weighted by Gasteiger charge is 2.51. The molecule has 0 aromatic heterocycles. The second kappa shape index (κ2) is 8.06. The zero-order valence-corrected chi connectivity index (χ0v) is 15.9. The van der Waals surface area contributed by atoms with Gasteiger partial charge < -0.3 is 26.6 Å². The van der Waals surface area contributed by atoms with E-state index >= 15 is 0 Å². The summed E-state index contributed by atoms with van der Waals surface area (Å²) in [6.45, 7) is 9.27. The molecule has 0 bridgehead atoms. The standard InChI is InChI=1S/C20H28ClN5/c1-2-24-18-8-7-17(21)11-16(18)5-4-10-25-12-20(13-25)14-26(15-20)19(23)6-3-9-22/h2-3,6-9,11,24H,1,4-5,10,12-15,22-23H2/b9-3-,19-6+. The molecule has 0 saturated carbocycles. The van der Waals surface area contributed by atoms with Crippen LogP contribution in [0.25, 0.3) is 0 Å². The zero-order valence-electron chi connectivity index (χ0n) is 15.1. The Morgan fingerprint density at radius 2 is 2.08 bits per heavy atom. The van der Waals surface area contributed by atoms with E-state index in [4.69, 9.17) is 23.1 Å². The molecule has 2 fully saturated rings. The van der Waals surface area contributed by atoms with Gasteiger partial charge in [0.25, 0.3) is 0 Å².